The van der Waals surface area contributed by atoms with Crippen LogP contribution < -0.4 is 41.6 Å². The molecule has 22 nitrogen and oxygen atoms in total. The van der Waals surface area contributed by atoms with Crippen LogP contribution in [0.25, 0.3) is 0 Å². The molecule has 0 aliphatic carbocycles. The van der Waals surface area contributed by atoms with Gasteiger partial charge in [0.05, 0.1) is 111 Å². The summed E-state index contributed by atoms with van der Waals surface area (Å²) in [6.45, 7) is 5.62. The van der Waals surface area contributed by atoms with E-state index in [1.165, 1.54) is 14.2 Å². The number of aromatic nitrogens is 2. The molecule has 3 aromatic rings. The predicted molar refractivity (Wildman–Crippen MR) is 237 cm³/mol. The number of ether oxygens (including phenoxy) is 9. The Kier molecular flexibility index (Phi) is 21.1. The first-order valence-corrected chi connectivity index (χ1v) is 21.7. The molecule has 0 radical (unpaired) electrons. The molecule has 5 amide bonds. The lowest BCUT2D eigenvalue weighted by molar-refractivity contribution is -0.136. The van der Waals surface area contributed by atoms with E-state index in [1.807, 2.05) is 12.1 Å². The lowest BCUT2D eigenvalue weighted by atomic mass is 10.0. The fraction of sp³-hybridized carbons (Fsp3) is 0.523. The highest BCUT2D eigenvalue weighted by molar-refractivity contribution is 6.25. The van der Waals surface area contributed by atoms with Gasteiger partial charge in [0.2, 0.25) is 29.4 Å². The Hall–Kier alpha value is -6.17. The molecule has 0 spiro atoms. The van der Waals surface area contributed by atoms with Gasteiger partial charge in [-0.25, -0.2) is 4.98 Å². The second-order valence-corrected chi connectivity index (χ2v) is 14.7. The molecule has 2 aliphatic rings. The topological polar surface area (TPSA) is 286 Å². The molecule has 360 valence electrons. The molecule has 5 rings (SSSR count). The molecule has 0 saturated carbocycles. The number of rotatable bonds is 32. The third-order valence-electron chi connectivity index (χ3n) is 10.1. The van der Waals surface area contributed by atoms with Gasteiger partial charge < -0.3 is 64.7 Å². The van der Waals surface area contributed by atoms with Crippen LogP contribution in [0.4, 0.5) is 17.5 Å². The first-order chi connectivity index (χ1) is 32.1. The highest BCUT2D eigenvalue weighted by Crippen LogP contribution is 2.39. The average molecular weight is 925 g/mol. The van der Waals surface area contributed by atoms with Gasteiger partial charge in [-0.1, -0.05) is 6.07 Å². The number of carbonyl (C=O) groups excluding carboxylic acids is 5. The van der Waals surface area contributed by atoms with Crippen molar-refractivity contribution in [3.05, 3.63) is 58.8 Å². The summed E-state index contributed by atoms with van der Waals surface area (Å²) in [5.41, 5.74) is 14.0. The van der Waals surface area contributed by atoms with Crippen LogP contribution in [0, 0.1) is 0 Å². The summed E-state index contributed by atoms with van der Waals surface area (Å²) in [6.07, 6.45) is 2.92. The maximum absolute atomic E-state index is 13.2. The molecule has 7 N–H and O–H groups in total. The summed E-state index contributed by atoms with van der Waals surface area (Å²) in [7, 11) is 3.07. The Morgan fingerprint density at radius 1 is 0.788 bits per heavy atom. The zero-order chi connectivity index (χ0) is 47.1. The zero-order valence-electron chi connectivity index (χ0n) is 37.4. The number of hydrogen-bond acceptors (Lipinski definition) is 19. The number of nitrogens with one attached hydrogen (secondary N) is 3. The van der Waals surface area contributed by atoms with Crippen molar-refractivity contribution in [1.82, 2.24) is 25.5 Å². The normalized spacial score (nSPS) is 14.6. The molecule has 1 atom stereocenters. The molecular weight excluding hydrogens is 865 g/mol. The number of nitrogen functional groups attached to an aromatic ring is 2. The number of anilines is 3. The molecule has 1 saturated heterocycles. The van der Waals surface area contributed by atoms with Crippen molar-refractivity contribution in [1.29, 1.82) is 0 Å². The third-order valence-corrected chi connectivity index (χ3v) is 10.1. The van der Waals surface area contributed by atoms with Gasteiger partial charge in [0, 0.05) is 49.8 Å². The quantitative estimate of drug-likeness (QED) is 0.0433. The van der Waals surface area contributed by atoms with Crippen molar-refractivity contribution in [2.45, 2.75) is 38.1 Å². The van der Waals surface area contributed by atoms with Gasteiger partial charge in [-0.2, -0.15) is 4.98 Å². The number of benzene rings is 2. The van der Waals surface area contributed by atoms with E-state index in [0.717, 1.165) is 10.5 Å². The maximum Gasteiger partial charge on any atom is 0.264 e. The Morgan fingerprint density at radius 3 is 1.95 bits per heavy atom. The third kappa shape index (κ3) is 15.5. The van der Waals surface area contributed by atoms with E-state index < -0.39 is 29.7 Å². The second kappa shape index (κ2) is 27.3. The Bertz CT molecular complexity index is 2070. The Balaban J connectivity index is 0.778. The van der Waals surface area contributed by atoms with Crippen LogP contribution in [0.2, 0.25) is 0 Å². The number of carbonyl (C=O) groups is 5. The lowest BCUT2D eigenvalue weighted by Crippen LogP contribution is -2.54. The van der Waals surface area contributed by atoms with Crippen LogP contribution in [0.15, 0.2) is 36.5 Å². The molecule has 3 heterocycles. The van der Waals surface area contributed by atoms with Gasteiger partial charge in [-0.3, -0.25) is 34.2 Å². The smallest absolute Gasteiger partial charge is 0.264 e. The number of amides is 5. The first-order valence-electron chi connectivity index (χ1n) is 21.7. The van der Waals surface area contributed by atoms with Crippen molar-refractivity contribution < 1.29 is 66.6 Å². The van der Waals surface area contributed by atoms with Crippen LogP contribution in [-0.2, 0) is 49.2 Å². The Labute approximate surface area is 382 Å². The standard InChI is InChI=1S/C44H60N8O14/c1-58-34-26-29(25-30-28-49-44(46)51-40(30)45)27-35(59-2)39(34)66-12-4-7-36(53)48-11-14-61-16-18-63-20-22-65-24-23-64-21-19-62-17-15-60-13-10-47-32-6-3-5-31-38(32)43(57)52(42(31)56)33-8-9-37(54)50-41(33)55/h3,5-6,26-28,33,47H,4,7-25H2,1-2H3,(H,48,53)(H,50,54,55)(H4,45,46,49,51). The minimum absolute atomic E-state index is 0.0559. The fourth-order valence-electron chi connectivity index (χ4n) is 6.85. The van der Waals surface area contributed by atoms with Crippen LogP contribution in [0.5, 0.6) is 17.2 Å². The Morgan fingerprint density at radius 2 is 1.38 bits per heavy atom. The van der Waals surface area contributed by atoms with Gasteiger partial charge in [-0.05, 0) is 42.7 Å². The van der Waals surface area contributed by atoms with E-state index in [2.05, 4.69) is 25.9 Å². The molecular formula is C44H60N8O14. The molecule has 66 heavy (non-hydrogen) atoms. The lowest BCUT2D eigenvalue weighted by Gasteiger charge is -2.27. The van der Waals surface area contributed by atoms with Gasteiger partial charge in [0.15, 0.2) is 11.5 Å². The van der Waals surface area contributed by atoms with Crippen molar-refractivity contribution in [2.24, 2.45) is 0 Å². The number of nitrogens with zero attached hydrogens (tertiary/aromatic N) is 3. The van der Waals surface area contributed by atoms with E-state index in [-0.39, 0.29) is 48.9 Å². The number of fused-ring (bicyclic) bond motifs is 1. The van der Waals surface area contributed by atoms with Gasteiger partial charge in [-0.15, -0.1) is 0 Å². The van der Waals surface area contributed by atoms with Crippen molar-refractivity contribution in [2.75, 3.05) is 130 Å². The van der Waals surface area contributed by atoms with E-state index in [0.29, 0.717) is 140 Å². The summed E-state index contributed by atoms with van der Waals surface area (Å²) < 4.78 is 50.3. The van der Waals surface area contributed by atoms with Gasteiger partial charge in [0.25, 0.3) is 11.8 Å². The number of piperidine rings is 1. The summed E-state index contributed by atoms with van der Waals surface area (Å²) in [5, 5.41) is 8.16. The van der Waals surface area contributed by atoms with E-state index >= 15 is 0 Å². The van der Waals surface area contributed by atoms with Crippen LogP contribution in [0.1, 0.15) is 57.5 Å². The number of imide groups is 2. The largest absolute Gasteiger partial charge is 0.493 e. The monoisotopic (exact) mass is 924 g/mol. The van der Waals surface area contributed by atoms with Crippen molar-refractivity contribution in [3.8, 4) is 17.2 Å². The first kappa shape index (κ1) is 50.8. The fourth-order valence-corrected chi connectivity index (χ4v) is 6.85. The van der Waals surface area contributed by atoms with Crippen LogP contribution in [-0.4, -0.2) is 164 Å². The van der Waals surface area contributed by atoms with Crippen molar-refractivity contribution >= 4 is 47.0 Å². The van der Waals surface area contributed by atoms with Crippen LogP contribution >= 0.6 is 0 Å². The summed E-state index contributed by atoms with van der Waals surface area (Å²) >= 11 is 0. The zero-order valence-corrected chi connectivity index (χ0v) is 37.4. The molecule has 1 aromatic heterocycles. The molecule has 1 unspecified atom stereocenters. The predicted octanol–water partition coefficient (Wildman–Crippen LogP) is 1.14. The summed E-state index contributed by atoms with van der Waals surface area (Å²) in [4.78, 5) is 71.3. The average Bonchev–Trinajstić information content (AvgIpc) is 3.56. The van der Waals surface area contributed by atoms with Crippen LogP contribution in [0.3, 0.4) is 0 Å². The molecule has 2 aromatic carbocycles. The summed E-state index contributed by atoms with van der Waals surface area (Å²) in [5.74, 6) is -0.523. The van der Waals surface area contributed by atoms with E-state index in [4.69, 9.17) is 54.1 Å². The maximum atomic E-state index is 13.2. The van der Waals surface area contributed by atoms with Gasteiger partial charge in [0.1, 0.15) is 11.9 Å². The highest BCUT2D eigenvalue weighted by atomic mass is 16.6. The van der Waals surface area contributed by atoms with Gasteiger partial charge >= 0.3 is 0 Å². The summed E-state index contributed by atoms with van der Waals surface area (Å²) in [6, 6.07) is 7.51. The SMILES string of the molecule is COc1cc(Cc2cnc(N)nc2N)cc(OC)c1OCCCC(=O)NCCOCCOCCOCCOCCOCCOCCNc1cccc2c1C(=O)N(C1CCC(=O)NC1=O)C2=O. The van der Waals surface area contributed by atoms with Crippen molar-refractivity contribution in [3.63, 3.8) is 0 Å². The van der Waals surface area contributed by atoms with E-state index in [1.54, 1.807) is 24.4 Å². The highest BCUT2D eigenvalue weighted by Gasteiger charge is 2.45. The molecule has 22 heteroatoms. The van der Waals surface area contributed by atoms with E-state index in [9.17, 15) is 24.0 Å². The number of nitrogens with two attached hydrogens (primary N) is 2. The minimum Gasteiger partial charge on any atom is -0.493 e. The second-order valence-electron chi connectivity index (χ2n) is 14.7. The molecule has 0 bridgehead atoms. The number of methoxy groups -OCH3 is 2. The number of hydrogen-bond donors (Lipinski definition) is 5. The molecule has 1 fully saturated rings. The minimum atomic E-state index is -1.02. The molecule has 2 aliphatic heterocycles.